The Morgan fingerprint density at radius 2 is 0.950 bits per heavy atom. The van der Waals surface area contributed by atoms with Crippen LogP contribution >= 0.6 is 0 Å². The molecule has 4 fully saturated rings. The normalized spacial score (nSPS) is 27.3. The summed E-state index contributed by atoms with van der Waals surface area (Å²) >= 11 is 0. The maximum atomic E-state index is 12.6. The smallest absolute Gasteiger partial charge is 0.309 e. The summed E-state index contributed by atoms with van der Waals surface area (Å²) in [4.78, 5) is 47.3. The summed E-state index contributed by atoms with van der Waals surface area (Å²) in [5.41, 5.74) is -1.45. The van der Waals surface area contributed by atoms with Crippen LogP contribution < -0.4 is 0 Å². The van der Waals surface area contributed by atoms with Crippen molar-refractivity contribution in [1.29, 1.82) is 0 Å². The zero-order valence-corrected chi connectivity index (χ0v) is 37.1. The molecule has 0 amide bonds. The van der Waals surface area contributed by atoms with Crippen LogP contribution in [-0.2, 0) is 38.1 Å². The Balaban J connectivity index is -0.000000252. The van der Waals surface area contributed by atoms with Crippen molar-refractivity contribution in [2.75, 3.05) is 6.61 Å². The van der Waals surface area contributed by atoms with Gasteiger partial charge in [0, 0.05) is 0 Å². The molecule has 0 aromatic rings. The molecule has 60 heavy (non-hydrogen) atoms. The van der Waals surface area contributed by atoms with Gasteiger partial charge >= 0.3 is 23.9 Å². The van der Waals surface area contributed by atoms with Crippen molar-refractivity contribution in [3.63, 3.8) is 0 Å². The maximum Gasteiger partial charge on any atom is 0.309 e. The molecule has 1 N–H and O–H groups in total. The molecule has 0 spiro atoms. The number of hydrogen-bond donors (Lipinski definition) is 1. The lowest BCUT2D eigenvalue weighted by Gasteiger charge is -2.43. The van der Waals surface area contributed by atoms with Crippen molar-refractivity contribution in [1.82, 2.24) is 0 Å². The number of carbonyl (C=O) groups excluding carboxylic acids is 4. The van der Waals surface area contributed by atoms with Gasteiger partial charge in [-0.25, -0.2) is 0 Å². The Hall–Kier alpha value is -2.16. The molecular weight excluding hydrogens is 757 g/mol. The number of aliphatic hydroxyl groups excluding tert-OH is 1. The molecule has 13 unspecified atom stereocenters. The van der Waals surface area contributed by atoms with Crippen LogP contribution in [0.25, 0.3) is 0 Å². The van der Waals surface area contributed by atoms with Crippen LogP contribution in [-0.4, -0.2) is 58.5 Å². The molecule has 4 saturated carbocycles. The number of esters is 4. The highest BCUT2D eigenvalue weighted by Gasteiger charge is 2.67. The van der Waals surface area contributed by atoms with Crippen LogP contribution in [0.4, 0.5) is 0 Å². The van der Waals surface area contributed by atoms with E-state index < -0.39 is 17.3 Å². The predicted octanol–water partition coefficient (Wildman–Crippen LogP) is 13.4. The van der Waals surface area contributed by atoms with Crippen molar-refractivity contribution < 1.29 is 43.2 Å². The summed E-state index contributed by atoms with van der Waals surface area (Å²) in [5, 5.41) is 8.78. The molecule has 0 radical (unpaired) electrons. The van der Waals surface area contributed by atoms with E-state index in [4.69, 9.17) is 24.1 Å². The Labute approximate surface area is 373 Å². The summed E-state index contributed by atoms with van der Waals surface area (Å²) in [5.74, 6) is 6.40. The molecule has 4 aliphatic rings. The van der Waals surface area contributed by atoms with E-state index in [1.54, 1.807) is 6.92 Å². The molecule has 9 nitrogen and oxygen atoms in total. The van der Waals surface area contributed by atoms with E-state index in [9.17, 15) is 19.2 Å². The van der Waals surface area contributed by atoms with E-state index in [1.807, 2.05) is 90.0 Å². The second kappa shape index (κ2) is 27.8. The summed E-state index contributed by atoms with van der Waals surface area (Å²) < 4.78 is 21.6. The summed E-state index contributed by atoms with van der Waals surface area (Å²) in [7, 11) is 0. The fraction of sp³-hybridized carbons (Fsp3) is 0.922. The van der Waals surface area contributed by atoms with Crippen molar-refractivity contribution in [3.05, 3.63) is 0 Å². The van der Waals surface area contributed by atoms with Crippen LogP contribution in [0, 0.1) is 71.0 Å². The third kappa shape index (κ3) is 18.7. The average Bonchev–Trinajstić information content (AvgIpc) is 3.85. The third-order valence-corrected chi connectivity index (χ3v) is 13.1. The molecule has 362 valence electrons. The molecule has 0 aromatic carbocycles. The van der Waals surface area contributed by atoms with E-state index in [-0.39, 0.29) is 104 Å². The number of rotatable bonds is 14. The number of carbonyl (C=O) groups is 4. The van der Waals surface area contributed by atoms with Crippen LogP contribution in [0.2, 0.25) is 0 Å². The molecule has 13 atom stereocenters. The third-order valence-electron chi connectivity index (χ3n) is 13.1. The van der Waals surface area contributed by atoms with Gasteiger partial charge in [-0.1, -0.05) is 99.9 Å². The van der Waals surface area contributed by atoms with Crippen LogP contribution in [0.1, 0.15) is 207 Å². The summed E-state index contributed by atoms with van der Waals surface area (Å²) in [6, 6.07) is 0. The van der Waals surface area contributed by atoms with Gasteiger partial charge < -0.3 is 24.1 Å². The minimum Gasteiger partial charge on any atom is -0.463 e. The first-order valence-corrected chi connectivity index (χ1v) is 21.3. The predicted molar refractivity (Wildman–Crippen MR) is 253 cm³/mol. The summed E-state index contributed by atoms with van der Waals surface area (Å²) in [6.07, 6.45) is 6.93. The molecule has 4 bridgehead atoms. The lowest BCUT2D eigenvalue weighted by Crippen LogP contribution is -2.42. The quantitative estimate of drug-likeness (QED) is 0.103. The fourth-order valence-corrected chi connectivity index (χ4v) is 9.17. The average molecular weight is 861 g/mol. The van der Waals surface area contributed by atoms with Gasteiger partial charge in [-0.15, -0.1) is 0 Å². The first-order chi connectivity index (χ1) is 24.8. The number of aliphatic hydroxyl groups is 1. The molecule has 4 rings (SSSR count). The number of ether oxygens (including phenoxy) is 4. The van der Waals surface area contributed by atoms with Gasteiger partial charge in [0.25, 0.3) is 0 Å². The zero-order valence-electron chi connectivity index (χ0n) is 37.1. The number of hydrogen-bond acceptors (Lipinski definition) is 9. The monoisotopic (exact) mass is 861 g/mol. The van der Waals surface area contributed by atoms with Gasteiger partial charge in [-0.05, 0) is 154 Å². The second-order valence-corrected chi connectivity index (χ2v) is 19.7. The maximum absolute atomic E-state index is 12.6. The first kappa shape index (κ1) is 66.9. The largest absolute Gasteiger partial charge is 0.463 e. The minimum atomic E-state index is -0.567. The Morgan fingerprint density at radius 3 is 1.32 bits per heavy atom. The topological polar surface area (TPSA) is 125 Å². The molecule has 4 aliphatic carbocycles. The van der Waals surface area contributed by atoms with Gasteiger partial charge in [0.1, 0.15) is 23.4 Å². The van der Waals surface area contributed by atoms with Gasteiger partial charge in [0.2, 0.25) is 0 Å². The summed E-state index contributed by atoms with van der Waals surface area (Å²) in [6.45, 7) is 31.6. The number of fused-ring (bicyclic) bond motifs is 9. The van der Waals surface area contributed by atoms with Crippen molar-refractivity contribution in [3.8, 4) is 0 Å². The van der Waals surface area contributed by atoms with Crippen molar-refractivity contribution in [2.24, 2.45) is 71.0 Å². The van der Waals surface area contributed by atoms with Crippen LogP contribution in [0.15, 0.2) is 0 Å². The van der Waals surface area contributed by atoms with Crippen LogP contribution in [0.5, 0.6) is 0 Å². The molecular formula is C51H104O9. The van der Waals surface area contributed by atoms with E-state index in [0.717, 1.165) is 67.1 Å². The Bertz CT molecular complexity index is 1200. The zero-order chi connectivity index (χ0) is 41.5. The minimum absolute atomic E-state index is 0. The van der Waals surface area contributed by atoms with Crippen LogP contribution in [0.3, 0.4) is 0 Å². The molecule has 0 saturated heterocycles. The SMILES string of the molecule is C.C.C.C.C.C.CC1C(C)C2CC1C1C3CC(C(=O)OC(C)(C)C)C(C3)C21.CCC(C)C(=O)OC(C)(C)CCC(C)(C)OC(=O)C(C)CC.CCC(C)C(=O)OCC(C)O. The molecule has 0 aromatic heterocycles. The molecule has 9 heteroatoms. The first-order valence-electron chi connectivity index (χ1n) is 21.3. The Morgan fingerprint density at radius 1 is 0.567 bits per heavy atom. The second-order valence-electron chi connectivity index (χ2n) is 19.7. The van der Waals surface area contributed by atoms with Gasteiger partial charge in [0.05, 0.1) is 29.8 Å². The standard InChI is InChI=1S/C19H30O2.C18H34O4.C8H16O3.6CH4/c1-9-10(2)13-8-12(9)16-11-6-14(17(13)16)15(7-11)18(20)21-19(3,4)5;1-9-13(3)15(19)21-17(5,6)11-12-18(7,8)22-16(20)14(4)10-2;1-4-6(2)8(10)11-5-7(3)9;;;;;;/h9-17H,6-8H2,1-5H3;13-14H,9-12H2,1-8H3;6-7,9H,4-5H2,1-3H3;6*1H4. The van der Waals surface area contributed by atoms with E-state index >= 15 is 0 Å². The molecule has 0 aliphatic heterocycles. The Kier molecular flexibility index (Phi) is 31.0. The van der Waals surface area contributed by atoms with Gasteiger partial charge in [-0.3, -0.25) is 19.2 Å². The van der Waals surface area contributed by atoms with E-state index in [1.165, 1.54) is 12.8 Å². The van der Waals surface area contributed by atoms with Gasteiger partial charge in [0.15, 0.2) is 0 Å². The highest BCUT2D eigenvalue weighted by Crippen LogP contribution is 2.71. The van der Waals surface area contributed by atoms with E-state index in [2.05, 4.69) is 13.8 Å². The highest BCUT2D eigenvalue weighted by molar-refractivity contribution is 5.74. The highest BCUT2D eigenvalue weighted by atomic mass is 16.6. The van der Waals surface area contributed by atoms with E-state index in [0.29, 0.717) is 18.8 Å². The van der Waals surface area contributed by atoms with Crippen molar-refractivity contribution >= 4 is 23.9 Å². The molecule has 0 heterocycles. The fourth-order valence-electron chi connectivity index (χ4n) is 9.17. The lowest BCUT2D eigenvalue weighted by atomic mass is 9.62. The van der Waals surface area contributed by atoms with Gasteiger partial charge in [-0.2, -0.15) is 0 Å². The van der Waals surface area contributed by atoms with Crippen molar-refractivity contribution in [2.45, 2.75) is 230 Å². The lowest BCUT2D eigenvalue weighted by molar-refractivity contribution is -0.168.